The third-order valence-corrected chi connectivity index (χ3v) is 7.05. The molecule has 1 fully saturated rings. The first-order valence-corrected chi connectivity index (χ1v) is 11.9. The Labute approximate surface area is 181 Å². The summed E-state index contributed by atoms with van der Waals surface area (Å²) >= 11 is 0. The normalized spacial score (nSPS) is 22.0. The predicted octanol–water partition coefficient (Wildman–Crippen LogP) is 4.90. The zero-order chi connectivity index (χ0) is 21.1. The smallest absolute Gasteiger partial charge is 0.251 e. The summed E-state index contributed by atoms with van der Waals surface area (Å²) in [6.45, 7) is 9.88. The van der Waals surface area contributed by atoms with Gasteiger partial charge in [-0.1, -0.05) is 13.3 Å². The van der Waals surface area contributed by atoms with Crippen molar-refractivity contribution in [3.05, 3.63) is 52.8 Å². The summed E-state index contributed by atoms with van der Waals surface area (Å²) in [5, 5.41) is 3.10. The van der Waals surface area contributed by atoms with Gasteiger partial charge in [0.05, 0.1) is 0 Å². The van der Waals surface area contributed by atoms with Crippen LogP contribution in [0.3, 0.4) is 0 Å². The van der Waals surface area contributed by atoms with Crippen molar-refractivity contribution in [2.75, 3.05) is 19.6 Å². The van der Waals surface area contributed by atoms with Gasteiger partial charge in [0.2, 0.25) is 0 Å². The van der Waals surface area contributed by atoms with E-state index >= 15 is 0 Å². The van der Waals surface area contributed by atoms with Crippen LogP contribution in [0.1, 0.15) is 73.3 Å². The largest absolute Gasteiger partial charge is 0.352 e. The van der Waals surface area contributed by atoms with Gasteiger partial charge in [0.15, 0.2) is 0 Å². The summed E-state index contributed by atoms with van der Waals surface area (Å²) < 4.78 is 2.38. The van der Waals surface area contributed by atoms with E-state index in [0.717, 1.165) is 37.4 Å². The molecule has 0 bridgehead atoms. The second-order valence-corrected chi connectivity index (χ2v) is 9.48. The van der Waals surface area contributed by atoms with Crippen LogP contribution in [0.25, 0.3) is 5.69 Å². The number of nitrogens with zero attached hydrogens (tertiary/aromatic N) is 2. The fourth-order valence-corrected chi connectivity index (χ4v) is 5.26. The second kappa shape index (κ2) is 9.38. The summed E-state index contributed by atoms with van der Waals surface area (Å²) in [7, 11) is 0. The summed E-state index contributed by atoms with van der Waals surface area (Å²) in [6, 6.07) is 11.1. The minimum atomic E-state index is 0.0355. The molecule has 4 rings (SSSR count). The molecule has 2 unspecified atom stereocenters. The van der Waals surface area contributed by atoms with Crippen molar-refractivity contribution in [2.24, 2.45) is 5.92 Å². The highest BCUT2D eigenvalue weighted by Gasteiger charge is 2.21. The summed E-state index contributed by atoms with van der Waals surface area (Å²) in [6.07, 6.45) is 8.57. The highest BCUT2D eigenvalue weighted by atomic mass is 16.1. The molecule has 0 saturated carbocycles. The average Bonchev–Trinajstić information content (AvgIpc) is 3.07. The number of amides is 1. The Kier molecular flexibility index (Phi) is 6.62. The van der Waals surface area contributed by atoms with E-state index in [0.29, 0.717) is 6.04 Å². The average molecular weight is 408 g/mol. The number of hydrogen-bond donors (Lipinski definition) is 1. The molecule has 162 valence electrons. The summed E-state index contributed by atoms with van der Waals surface area (Å²) in [5.41, 5.74) is 6.15. The van der Waals surface area contributed by atoms with E-state index in [1.165, 1.54) is 61.3 Å². The Balaban J connectivity index is 1.33. The Morgan fingerprint density at radius 3 is 2.70 bits per heavy atom. The molecule has 1 aliphatic carbocycles. The maximum atomic E-state index is 12.6. The van der Waals surface area contributed by atoms with E-state index in [-0.39, 0.29) is 5.91 Å². The molecular formula is C26H37N3O. The van der Waals surface area contributed by atoms with Crippen LogP contribution in [0, 0.1) is 12.8 Å². The molecule has 30 heavy (non-hydrogen) atoms. The molecule has 1 aliphatic heterocycles. The fraction of sp³-hybridized carbons (Fsp3) is 0.577. The van der Waals surface area contributed by atoms with Gasteiger partial charge in [-0.3, -0.25) is 4.79 Å². The number of nitrogens with one attached hydrogen (secondary N) is 1. The Morgan fingerprint density at radius 1 is 1.13 bits per heavy atom. The molecule has 0 radical (unpaired) electrons. The quantitative estimate of drug-likeness (QED) is 0.691. The summed E-state index contributed by atoms with van der Waals surface area (Å²) in [5.74, 6) is 0.810. The fourth-order valence-electron chi connectivity index (χ4n) is 5.26. The zero-order valence-electron chi connectivity index (χ0n) is 18.9. The van der Waals surface area contributed by atoms with Crippen LogP contribution in [0.2, 0.25) is 0 Å². The number of hydrogen-bond acceptors (Lipinski definition) is 2. The molecule has 2 aromatic rings. The van der Waals surface area contributed by atoms with Gasteiger partial charge in [-0.25, -0.2) is 0 Å². The molecule has 1 aromatic carbocycles. The first-order chi connectivity index (χ1) is 14.5. The number of fused-ring (bicyclic) bond motifs is 1. The lowest BCUT2D eigenvalue weighted by atomic mass is 9.89. The molecule has 1 N–H and O–H groups in total. The van der Waals surface area contributed by atoms with Crippen molar-refractivity contribution in [3.63, 3.8) is 0 Å². The monoisotopic (exact) mass is 407 g/mol. The zero-order valence-corrected chi connectivity index (χ0v) is 18.9. The van der Waals surface area contributed by atoms with Crippen molar-refractivity contribution in [3.8, 4) is 5.69 Å². The number of likely N-dealkylation sites (tertiary alicyclic amines) is 1. The van der Waals surface area contributed by atoms with Crippen LogP contribution >= 0.6 is 0 Å². The molecule has 2 aliphatic rings. The van der Waals surface area contributed by atoms with Gasteiger partial charge in [0.1, 0.15) is 0 Å². The van der Waals surface area contributed by atoms with Crippen LogP contribution in [0.4, 0.5) is 0 Å². The number of aryl methyl sites for hydroxylation is 1. The molecule has 1 amide bonds. The highest BCUT2D eigenvalue weighted by Crippen LogP contribution is 2.30. The van der Waals surface area contributed by atoms with E-state index in [1.54, 1.807) is 0 Å². The van der Waals surface area contributed by atoms with Gasteiger partial charge in [-0.15, -0.1) is 0 Å². The van der Waals surface area contributed by atoms with E-state index in [9.17, 15) is 4.79 Å². The van der Waals surface area contributed by atoms with E-state index < -0.39 is 0 Å². The third-order valence-electron chi connectivity index (χ3n) is 7.05. The molecule has 4 heteroatoms. The van der Waals surface area contributed by atoms with Crippen LogP contribution in [0.5, 0.6) is 0 Å². The van der Waals surface area contributed by atoms with Crippen LogP contribution < -0.4 is 5.32 Å². The first-order valence-electron chi connectivity index (χ1n) is 11.9. The molecule has 2 atom stereocenters. The van der Waals surface area contributed by atoms with E-state index in [2.05, 4.69) is 53.8 Å². The molecule has 4 nitrogen and oxygen atoms in total. The van der Waals surface area contributed by atoms with Gasteiger partial charge in [-0.05, 0) is 101 Å². The highest BCUT2D eigenvalue weighted by molar-refractivity contribution is 5.94. The Hall–Kier alpha value is -2.07. The molecule has 0 spiro atoms. The van der Waals surface area contributed by atoms with Gasteiger partial charge in [0.25, 0.3) is 5.91 Å². The lowest BCUT2D eigenvalue weighted by Crippen LogP contribution is -2.39. The van der Waals surface area contributed by atoms with E-state index in [1.807, 2.05) is 12.1 Å². The van der Waals surface area contributed by atoms with Crippen LogP contribution in [-0.4, -0.2) is 41.1 Å². The minimum Gasteiger partial charge on any atom is -0.352 e. The van der Waals surface area contributed by atoms with Crippen LogP contribution in [0.15, 0.2) is 30.3 Å². The number of benzene rings is 1. The number of piperidine rings is 1. The number of carbonyl (C=O) groups is 1. The van der Waals surface area contributed by atoms with Gasteiger partial charge in [-0.2, -0.15) is 0 Å². The maximum Gasteiger partial charge on any atom is 0.251 e. The lowest BCUT2D eigenvalue weighted by Gasteiger charge is -2.33. The Bertz CT molecular complexity index is 867. The molecule has 1 aromatic heterocycles. The number of rotatable bonds is 6. The lowest BCUT2D eigenvalue weighted by molar-refractivity contribution is 0.0949. The molecular weight excluding hydrogens is 370 g/mol. The third kappa shape index (κ3) is 4.64. The summed E-state index contributed by atoms with van der Waals surface area (Å²) in [4.78, 5) is 15.1. The van der Waals surface area contributed by atoms with Crippen molar-refractivity contribution in [1.29, 1.82) is 0 Å². The maximum absolute atomic E-state index is 12.6. The standard InChI is InChI=1S/C26H37N3O/c1-19-8-13-25-23(17-19)18-21(3)29(25)24-11-9-22(10-12-24)26(30)27-14-6-16-28-15-5-4-7-20(28)2/h9-12,18-20H,4-8,13-17H2,1-3H3,(H,27,30). The molecule has 1 saturated heterocycles. The van der Waals surface area contributed by atoms with E-state index in [4.69, 9.17) is 0 Å². The second-order valence-electron chi connectivity index (χ2n) is 9.48. The minimum absolute atomic E-state index is 0.0355. The Morgan fingerprint density at radius 2 is 1.93 bits per heavy atom. The van der Waals surface area contributed by atoms with Crippen LogP contribution in [-0.2, 0) is 12.8 Å². The first kappa shape index (κ1) is 21.2. The van der Waals surface area contributed by atoms with Gasteiger partial charge >= 0.3 is 0 Å². The van der Waals surface area contributed by atoms with Crippen molar-refractivity contribution < 1.29 is 4.79 Å². The van der Waals surface area contributed by atoms with Crippen molar-refractivity contribution in [1.82, 2.24) is 14.8 Å². The number of carbonyl (C=O) groups excluding carboxylic acids is 1. The topological polar surface area (TPSA) is 37.3 Å². The van der Waals surface area contributed by atoms with Gasteiger partial charge < -0.3 is 14.8 Å². The SMILES string of the molecule is Cc1cc2c(n1-c1ccc(C(=O)NCCCN3CCCCC3C)cc1)CCC(C)C2. The van der Waals surface area contributed by atoms with Gasteiger partial charge in [0, 0.05) is 41.8 Å². The predicted molar refractivity (Wildman–Crippen MR) is 124 cm³/mol. The van der Waals surface area contributed by atoms with Crippen molar-refractivity contribution in [2.45, 2.75) is 71.8 Å². The molecule has 2 heterocycles. The number of aromatic nitrogens is 1. The van der Waals surface area contributed by atoms with Crippen molar-refractivity contribution >= 4 is 5.91 Å².